The highest BCUT2D eigenvalue weighted by molar-refractivity contribution is 5.88. The number of amides is 2. The van der Waals surface area contributed by atoms with Gasteiger partial charge in [-0.3, -0.25) is 5.32 Å². The zero-order valence-corrected chi connectivity index (χ0v) is 13.2. The Morgan fingerprint density at radius 3 is 2.92 bits per heavy atom. The predicted molar refractivity (Wildman–Crippen MR) is 90.5 cm³/mol. The number of nitrogens with one attached hydrogen (secondary N) is 2. The Morgan fingerprint density at radius 1 is 1.25 bits per heavy atom. The molecular formula is C19H18N4O. The van der Waals surface area contributed by atoms with E-state index in [2.05, 4.69) is 39.9 Å². The number of nitriles is 1. The quantitative estimate of drug-likeness (QED) is 0.892. The Bertz CT molecular complexity index is 809. The largest absolute Gasteiger partial charge is 0.334 e. The van der Waals surface area contributed by atoms with Crippen LogP contribution < -0.4 is 10.6 Å². The fourth-order valence-electron chi connectivity index (χ4n) is 3.81. The summed E-state index contributed by atoms with van der Waals surface area (Å²) in [7, 11) is 0. The first kappa shape index (κ1) is 14.7. The normalized spacial score (nSPS) is 23.9. The summed E-state index contributed by atoms with van der Waals surface area (Å²) >= 11 is 0. The molecule has 2 amide bonds. The van der Waals surface area contributed by atoms with Gasteiger partial charge >= 0.3 is 6.03 Å². The van der Waals surface area contributed by atoms with Crippen molar-refractivity contribution in [2.45, 2.75) is 31.2 Å². The van der Waals surface area contributed by atoms with E-state index in [1.807, 2.05) is 6.07 Å². The van der Waals surface area contributed by atoms with Crippen molar-refractivity contribution in [3.8, 4) is 6.07 Å². The molecule has 120 valence electrons. The number of fused-ring (bicyclic) bond motifs is 3. The van der Waals surface area contributed by atoms with Gasteiger partial charge < -0.3 is 5.32 Å². The van der Waals surface area contributed by atoms with E-state index in [0.717, 1.165) is 12.8 Å². The molecule has 2 aliphatic carbocycles. The van der Waals surface area contributed by atoms with Crippen LogP contribution in [0.5, 0.6) is 0 Å². The Balaban J connectivity index is 1.42. The van der Waals surface area contributed by atoms with E-state index in [0.29, 0.717) is 23.2 Å². The SMILES string of the molecule is N#Cc1ccc(NC(=O)NC2[C@H]3CCCc4ccccc4[C@H]23)nc1. The van der Waals surface area contributed by atoms with E-state index < -0.39 is 0 Å². The molecule has 2 aliphatic rings. The third kappa shape index (κ3) is 2.71. The fourth-order valence-corrected chi connectivity index (χ4v) is 3.81. The highest BCUT2D eigenvalue weighted by Gasteiger charge is 2.52. The molecule has 1 unspecified atom stereocenters. The molecule has 5 heteroatoms. The van der Waals surface area contributed by atoms with Gasteiger partial charge in [-0.2, -0.15) is 5.26 Å². The predicted octanol–water partition coefficient (Wildman–Crippen LogP) is 3.19. The standard InChI is InChI=1S/C19H18N4O/c20-10-12-8-9-16(21-11-12)22-19(24)23-18-15-7-3-5-13-4-1-2-6-14(13)17(15)18/h1-2,4,6,8-9,11,15,17-18H,3,5,7H2,(H2,21,22,23,24)/t15-,17-,18?/m0/s1. The van der Waals surface area contributed by atoms with Crippen LogP contribution in [0, 0.1) is 17.2 Å². The number of benzene rings is 1. The van der Waals surface area contributed by atoms with Crippen LogP contribution in [0.15, 0.2) is 42.6 Å². The summed E-state index contributed by atoms with van der Waals surface area (Å²) in [5, 5.41) is 14.6. The first-order valence-corrected chi connectivity index (χ1v) is 8.28. The highest BCUT2D eigenvalue weighted by atomic mass is 16.2. The summed E-state index contributed by atoms with van der Waals surface area (Å²) in [4.78, 5) is 16.3. The van der Waals surface area contributed by atoms with Crippen LogP contribution in [0.4, 0.5) is 10.6 Å². The monoisotopic (exact) mass is 318 g/mol. The molecule has 0 aliphatic heterocycles. The Hall–Kier alpha value is -2.87. The Morgan fingerprint density at radius 2 is 2.12 bits per heavy atom. The van der Waals surface area contributed by atoms with Crippen molar-refractivity contribution < 1.29 is 4.79 Å². The molecule has 0 spiro atoms. The van der Waals surface area contributed by atoms with Crippen molar-refractivity contribution >= 4 is 11.8 Å². The van der Waals surface area contributed by atoms with Crippen LogP contribution in [-0.4, -0.2) is 17.1 Å². The second-order valence-corrected chi connectivity index (χ2v) is 6.45. The van der Waals surface area contributed by atoms with E-state index in [9.17, 15) is 4.79 Å². The molecule has 2 N–H and O–H groups in total. The molecule has 0 bridgehead atoms. The molecule has 4 rings (SSSR count). The first-order valence-electron chi connectivity index (χ1n) is 8.28. The number of aromatic nitrogens is 1. The smallest absolute Gasteiger partial charge is 0.320 e. The van der Waals surface area contributed by atoms with Crippen LogP contribution in [0.25, 0.3) is 0 Å². The number of carbonyl (C=O) groups is 1. The molecule has 24 heavy (non-hydrogen) atoms. The van der Waals surface area contributed by atoms with Gasteiger partial charge in [0.1, 0.15) is 11.9 Å². The van der Waals surface area contributed by atoms with Gasteiger partial charge in [-0.25, -0.2) is 9.78 Å². The molecular weight excluding hydrogens is 300 g/mol. The number of aryl methyl sites for hydroxylation is 1. The Kier molecular flexibility index (Phi) is 3.66. The molecule has 1 aromatic carbocycles. The van der Waals surface area contributed by atoms with Crippen LogP contribution in [0.1, 0.15) is 35.4 Å². The second-order valence-electron chi connectivity index (χ2n) is 6.45. The van der Waals surface area contributed by atoms with Crippen molar-refractivity contribution in [2.75, 3.05) is 5.32 Å². The molecule has 0 saturated heterocycles. The zero-order valence-electron chi connectivity index (χ0n) is 13.2. The molecule has 5 nitrogen and oxygen atoms in total. The average Bonchev–Trinajstić information content (AvgIpc) is 3.31. The molecule has 2 aromatic rings. The molecule has 1 saturated carbocycles. The fraction of sp³-hybridized carbons (Fsp3) is 0.316. The molecule has 1 fully saturated rings. The minimum Gasteiger partial charge on any atom is -0.334 e. The third-order valence-corrected chi connectivity index (χ3v) is 5.00. The minimum atomic E-state index is -0.234. The summed E-state index contributed by atoms with van der Waals surface area (Å²) in [6.45, 7) is 0. The number of rotatable bonds is 2. The molecule has 0 radical (unpaired) electrons. The van der Waals surface area contributed by atoms with E-state index in [1.54, 1.807) is 12.1 Å². The summed E-state index contributed by atoms with van der Waals surface area (Å²) in [6, 6.07) is 13.8. The number of carbonyl (C=O) groups excluding carboxylic acids is 1. The van der Waals surface area contributed by atoms with Gasteiger partial charge in [0.05, 0.1) is 5.56 Å². The van der Waals surface area contributed by atoms with Gasteiger partial charge in [0, 0.05) is 18.2 Å². The lowest BCUT2D eigenvalue weighted by Gasteiger charge is -2.10. The Labute approximate surface area is 140 Å². The zero-order chi connectivity index (χ0) is 16.5. The van der Waals surface area contributed by atoms with Crippen molar-refractivity contribution in [1.29, 1.82) is 5.26 Å². The second kappa shape index (κ2) is 5.97. The van der Waals surface area contributed by atoms with Gasteiger partial charge in [0.25, 0.3) is 0 Å². The van der Waals surface area contributed by atoms with Crippen molar-refractivity contribution in [1.82, 2.24) is 10.3 Å². The highest BCUT2D eigenvalue weighted by Crippen LogP contribution is 2.53. The number of hydrogen-bond donors (Lipinski definition) is 2. The van der Waals surface area contributed by atoms with Crippen molar-refractivity contribution in [3.05, 3.63) is 59.3 Å². The van der Waals surface area contributed by atoms with E-state index >= 15 is 0 Å². The number of urea groups is 1. The van der Waals surface area contributed by atoms with E-state index in [-0.39, 0.29) is 12.1 Å². The maximum Gasteiger partial charge on any atom is 0.320 e. The number of nitrogens with zero attached hydrogens (tertiary/aromatic N) is 2. The van der Waals surface area contributed by atoms with Crippen LogP contribution in [-0.2, 0) is 6.42 Å². The van der Waals surface area contributed by atoms with Crippen molar-refractivity contribution in [2.24, 2.45) is 5.92 Å². The number of anilines is 1. The molecule has 1 heterocycles. The lowest BCUT2D eigenvalue weighted by Crippen LogP contribution is -2.32. The van der Waals surface area contributed by atoms with Crippen LogP contribution in [0.2, 0.25) is 0 Å². The molecule has 1 aromatic heterocycles. The molecule has 3 atom stereocenters. The van der Waals surface area contributed by atoms with Gasteiger partial charge in [0.15, 0.2) is 0 Å². The van der Waals surface area contributed by atoms with E-state index in [1.165, 1.54) is 23.7 Å². The topological polar surface area (TPSA) is 77.8 Å². The maximum atomic E-state index is 12.2. The van der Waals surface area contributed by atoms with Gasteiger partial charge in [0.2, 0.25) is 0 Å². The van der Waals surface area contributed by atoms with Crippen LogP contribution >= 0.6 is 0 Å². The minimum absolute atomic E-state index is 0.199. The number of pyridine rings is 1. The van der Waals surface area contributed by atoms with E-state index in [4.69, 9.17) is 5.26 Å². The lowest BCUT2D eigenvalue weighted by atomic mass is 10.0. The van der Waals surface area contributed by atoms with Crippen molar-refractivity contribution in [3.63, 3.8) is 0 Å². The van der Waals surface area contributed by atoms with Crippen LogP contribution in [0.3, 0.4) is 0 Å². The summed E-state index contributed by atoms with van der Waals surface area (Å²) in [5.41, 5.74) is 3.28. The number of hydrogen-bond acceptors (Lipinski definition) is 3. The van der Waals surface area contributed by atoms with Gasteiger partial charge in [-0.05, 0) is 48.4 Å². The average molecular weight is 318 g/mol. The maximum absolute atomic E-state index is 12.2. The summed E-state index contributed by atoms with van der Waals surface area (Å²) in [6.07, 6.45) is 4.92. The van der Waals surface area contributed by atoms with Gasteiger partial charge in [-0.1, -0.05) is 24.3 Å². The van der Waals surface area contributed by atoms with Gasteiger partial charge in [-0.15, -0.1) is 0 Å². The summed E-state index contributed by atoms with van der Waals surface area (Å²) in [5.74, 6) is 1.42. The first-order chi connectivity index (χ1) is 11.8. The third-order valence-electron chi connectivity index (χ3n) is 5.00. The lowest BCUT2D eigenvalue weighted by molar-refractivity contribution is 0.251. The summed E-state index contributed by atoms with van der Waals surface area (Å²) < 4.78 is 0.